The van der Waals surface area contributed by atoms with E-state index in [0.29, 0.717) is 18.2 Å². The number of halogens is 2. The quantitative estimate of drug-likeness (QED) is 0.382. The van der Waals surface area contributed by atoms with E-state index in [1.807, 2.05) is 6.07 Å². The molecule has 0 saturated heterocycles. The lowest BCUT2D eigenvalue weighted by Gasteiger charge is -2.26. The van der Waals surface area contributed by atoms with Gasteiger partial charge in [0.2, 0.25) is 0 Å². The number of rotatable bonds is 7. The molecule has 1 aromatic carbocycles. The van der Waals surface area contributed by atoms with Crippen molar-refractivity contribution in [2.75, 3.05) is 20.1 Å². The molecule has 2 rings (SSSR count). The van der Waals surface area contributed by atoms with E-state index in [-0.39, 0.29) is 29.8 Å². The summed E-state index contributed by atoms with van der Waals surface area (Å²) in [6, 6.07) is 6.66. The average Bonchev–Trinajstić information content (AvgIpc) is 3.34. The molecule has 1 fully saturated rings. The smallest absolute Gasteiger partial charge is 0.191 e. The summed E-state index contributed by atoms with van der Waals surface area (Å²) >= 11 is 0. The predicted octanol–water partition coefficient (Wildman–Crippen LogP) is 3.29. The summed E-state index contributed by atoms with van der Waals surface area (Å²) in [6.07, 6.45) is 2.65. The van der Waals surface area contributed by atoms with E-state index in [1.165, 1.54) is 12.8 Å². The van der Waals surface area contributed by atoms with Gasteiger partial charge in [0.1, 0.15) is 5.82 Å². The first-order chi connectivity index (χ1) is 11.0. The van der Waals surface area contributed by atoms with Gasteiger partial charge in [0.15, 0.2) is 5.96 Å². The molecule has 0 spiro atoms. The van der Waals surface area contributed by atoms with Gasteiger partial charge in [0, 0.05) is 38.8 Å². The molecule has 0 amide bonds. The van der Waals surface area contributed by atoms with Crippen LogP contribution in [0.25, 0.3) is 0 Å². The standard InChI is InChI=1S/C18H29FN4.HI/c1-13(2)23(16-7-8-16)10-9-21-18(20-4)22-12-15-6-5-14(3)17(19)11-15;/h5-6,11,13,16H,7-10,12H2,1-4H3,(H2,20,21,22);1H. The van der Waals surface area contributed by atoms with Crippen LogP contribution in [0.1, 0.15) is 37.8 Å². The van der Waals surface area contributed by atoms with E-state index in [9.17, 15) is 4.39 Å². The van der Waals surface area contributed by atoms with Gasteiger partial charge in [-0.15, -0.1) is 24.0 Å². The highest BCUT2D eigenvalue weighted by Crippen LogP contribution is 2.27. The Kier molecular flexibility index (Phi) is 8.97. The lowest BCUT2D eigenvalue weighted by molar-refractivity contribution is 0.215. The summed E-state index contributed by atoms with van der Waals surface area (Å²) in [6.45, 7) is 8.70. The highest BCUT2D eigenvalue weighted by atomic mass is 127. The van der Waals surface area contributed by atoms with Gasteiger partial charge >= 0.3 is 0 Å². The van der Waals surface area contributed by atoms with Gasteiger partial charge < -0.3 is 10.6 Å². The first-order valence-electron chi connectivity index (χ1n) is 8.46. The molecule has 0 aliphatic heterocycles. The van der Waals surface area contributed by atoms with Gasteiger partial charge in [0.05, 0.1) is 0 Å². The van der Waals surface area contributed by atoms with E-state index >= 15 is 0 Å². The fourth-order valence-corrected chi connectivity index (χ4v) is 2.72. The minimum atomic E-state index is -0.163. The molecular formula is C18H30FIN4. The molecule has 0 heterocycles. The van der Waals surface area contributed by atoms with Gasteiger partial charge in [-0.2, -0.15) is 0 Å². The zero-order valence-electron chi connectivity index (χ0n) is 15.1. The highest BCUT2D eigenvalue weighted by molar-refractivity contribution is 14.0. The molecule has 136 valence electrons. The third-order valence-corrected chi connectivity index (χ3v) is 4.26. The number of benzene rings is 1. The summed E-state index contributed by atoms with van der Waals surface area (Å²) in [4.78, 5) is 6.76. The third-order valence-electron chi connectivity index (χ3n) is 4.26. The van der Waals surface area contributed by atoms with Gasteiger partial charge in [-0.3, -0.25) is 9.89 Å². The Bertz CT molecular complexity index is 542. The Morgan fingerprint density at radius 3 is 2.58 bits per heavy atom. The number of aryl methyl sites for hydroxylation is 1. The van der Waals surface area contributed by atoms with E-state index in [1.54, 1.807) is 26.1 Å². The average molecular weight is 448 g/mol. The zero-order chi connectivity index (χ0) is 16.8. The van der Waals surface area contributed by atoms with Crippen molar-refractivity contribution in [2.45, 2.75) is 52.2 Å². The van der Waals surface area contributed by atoms with E-state index in [0.717, 1.165) is 30.7 Å². The van der Waals surface area contributed by atoms with Crippen molar-refractivity contribution in [3.8, 4) is 0 Å². The van der Waals surface area contributed by atoms with Gasteiger partial charge in [-0.05, 0) is 50.8 Å². The number of hydrogen-bond acceptors (Lipinski definition) is 2. The molecule has 2 N–H and O–H groups in total. The summed E-state index contributed by atoms with van der Waals surface area (Å²) in [5, 5.41) is 6.57. The molecule has 1 saturated carbocycles. The van der Waals surface area contributed by atoms with Crippen LogP contribution >= 0.6 is 24.0 Å². The molecule has 0 aromatic heterocycles. The van der Waals surface area contributed by atoms with E-state index in [2.05, 4.69) is 34.4 Å². The maximum absolute atomic E-state index is 13.6. The lowest BCUT2D eigenvalue weighted by atomic mass is 10.1. The molecule has 1 aliphatic carbocycles. The lowest BCUT2D eigenvalue weighted by Crippen LogP contribution is -2.43. The van der Waals surface area contributed by atoms with Crippen LogP contribution in [0.5, 0.6) is 0 Å². The van der Waals surface area contributed by atoms with Crippen LogP contribution in [0.2, 0.25) is 0 Å². The van der Waals surface area contributed by atoms with Gasteiger partial charge in [-0.1, -0.05) is 12.1 Å². The second-order valence-corrected chi connectivity index (χ2v) is 6.50. The van der Waals surface area contributed by atoms with E-state index in [4.69, 9.17) is 0 Å². The summed E-state index contributed by atoms with van der Waals surface area (Å²) in [5.41, 5.74) is 1.59. The minimum absolute atomic E-state index is 0. The first kappa shape index (κ1) is 21.2. The van der Waals surface area contributed by atoms with Crippen molar-refractivity contribution < 1.29 is 4.39 Å². The van der Waals surface area contributed by atoms with Crippen LogP contribution in [0.15, 0.2) is 23.2 Å². The van der Waals surface area contributed by atoms with Crippen LogP contribution in [0.4, 0.5) is 4.39 Å². The van der Waals surface area contributed by atoms with Crippen molar-refractivity contribution in [3.05, 3.63) is 35.1 Å². The number of nitrogens with one attached hydrogen (secondary N) is 2. The van der Waals surface area contributed by atoms with Gasteiger partial charge in [-0.25, -0.2) is 4.39 Å². The Morgan fingerprint density at radius 2 is 2.04 bits per heavy atom. The Balaban J connectivity index is 0.00000288. The van der Waals surface area contributed by atoms with Crippen LogP contribution in [0, 0.1) is 12.7 Å². The fraction of sp³-hybridized carbons (Fsp3) is 0.611. The maximum atomic E-state index is 13.6. The molecule has 4 nitrogen and oxygen atoms in total. The predicted molar refractivity (Wildman–Crippen MR) is 110 cm³/mol. The first-order valence-corrected chi connectivity index (χ1v) is 8.46. The summed E-state index contributed by atoms with van der Waals surface area (Å²) in [5.74, 6) is 0.592. The molecule has 6 heteroatoms. The summed E-state index contributed by atoms with van der Waals surface area (Å²) < 4.78 is 13.6. The normalized spacial score (nSPS) is 14.7. The molecule has 0 unspecified atom stereocenters. The molecule has 24 heavy (non-hydrogen) atoms. The molecule has 0 bridgehead atoms. The molecule has 1 aromatic rings. The van der Waals surface area contributed by atoms with Crippen molar-refractivity contribution >= 4 is 29.9 Å². The molecule has 0 atom stereocenters. The Labute approximate surface area is 162 Å². The monoisotopic (exact) mass is 448 g/mol. The van der Waals surface area contributed by atoms with Crippen LogP contribution in [-0.4, -0.2) is 43.1 Å². The molecule has 1 aliphatic rings. The van der Waals surface area contributed by atoms with Crippen LogP contribution < -0.4 is 10.6 Å². The second kappa shape index (κ2) is 10.2. The number of aliphatic imine (C=N–C) groups is 1. The maximum Gasteiger partial charge on any atom is 0.191 e. The zero-order valence-corrected chi connectivity index (χ0v) is 17.4. The van der Waals surface area contributed by atoms with E-state index < -0.39 is 0 Å². The van der Waals surface area contributed by atoms with Crippen molar-refractivity contribution in [1.82, 2.24) is 15.5 Å². The SMILES string of the molecule is CN=C(NCCN(C(C)C)C1CC1)NCc1ccc(C)c(F)c1.I. The minimum Gasteiger partial charge on any atom is -0.355 e. The van der Waals surface area contributed by atoms with Crippen LogP contribution in [-0.2, 0) is 6.54 Å². The Hall–Kier alpha value is -0.890. The second-order valence-electron chi connectivity index (χ2n) is 6.50. The topological polar surface area (TPSA) is 39.7 Å². The molecular weight excluding hydrogens is 418 g/mol. The third kappa shape index (κ3) is 6.55. The van der Waals surface area contributed by atoms with Crippen molar-refractivity contribution in [2.24, 2.45) is 4.99 Å². The van der Waals surface area contributed by atoms with Crippen molar-refractivity contribution in [3.63, 3.8) is 0 Å². The fourth-order valence-electron chi connectivity index (χ4n) is 2.72. The van der Waals surface area contributed by atoms with Gasteiger partial charge in [0.25, 0.3) is 0 Å². The highest BCUT2D eigenvalue weighted by Gasteiger charge is 2.30. The molecule has 0 radical (unpaired) electrons. The Morgan fingerprint density at radius 1 is 1.33 bits per heavy atom. The number of hydrogen-bond donors (Lipinski definition) is 2. The number of nitrogens with zero attached hydrogens (tertiary/aromatic N) is 2. The largest absolute Gasteiger partial charge is 0.355 e. The summed E-state index contributed by atoms with van der Waals surface area (Å²) in [7, 11) is 1.76. The number of guanidine groups is 1. The van der Waals surface area contributed by atoms with Crippen molar-refractivity contribution in [1.29, 1.82) is 0 Å². The van der Waals surface area contributed by atoms with Crippen LogP contribution in [0.3, 0.4) is 0 Å².